The van der Waals surface area contributed by atoms with E-state index in [1.54, 1.807) is 5.57 Å². The van der Waals surface area contributed by atoms with E-state index >= 15 is 0 Å². The molecule has 1 saturated heterocycles. The molecule has 1 aliphatic heterocycles. The van der Waals surface area contributed by atoms with Crippen molar-refractivity contribution < 1.29 is 4.74 Å². The third kappa shape index (κ3) is 2.57. The summed E-state index contributed by atoms with van der Waals surface area (Å²) in [4.78, 5) is 0. The second-order valence-electron chi connectivity index (χ2n) is 4.56. The maximum absolute atomic E-state index is 5.66. The van der Waals surface area contributed by atoms with E-state index in [2.05, 4.69) is 13.0 Å². The average molecular weight is 180 g/mol. The standard InChI is InChI=1S/C12H20O/c1-10-4-6-11(7-5-10)9-12-3-2-8-13-12/h4,11-12H,2-3,5-9H2,1H3/t11-,12-/m1/s1. The Balaban J connectivity index is 1.76. The molecule has 1 aliphatic carbocycles. The summed E-state index contributed by atoms with van der Waals surface area (Å²) in [6.07, 6.45) is 10.9. The predicted molar refractivity (Wildman–Crippen MR) is 54.7 cm³/mol. The van der Waals surface area contributed by atoms with Crippen molar-refractivity contribution in [3.05, 3.63) is 11.6 Å². The van der Waals surface area contributed by atoms with E-state index in [0.717, 1.165) is 12.5 Å². The van der Waals surface area contributed by atoms with Gasteiger partial charge in [0.1, 0.15) is 0 Å². The van der Waals surface area contributed by atoms with Gasteiger partial charge >= 0.3 is 0 Å². The van der Waals surface area contributed by atoms with Crippen LogP contribution in [0.15, 0.2) is 11.6 Å². The smallest absolute Gasteiger partial charge is 0.0578 e. The van der Waals surface area contributed by atoms with Gasteiger partial charge in [0.15, 0.2) is 0 Å². The fraction of sp³-hybridized carbons (Fsp3) is 0.833. The molecule has 1 fully saturated rings. The minimum Gasteiger partial charge on any atom is -0.378 e. The SMILES string of the molecule is CC1=CC[C@@H](C[C@H]2CCCO2)CC1. The average Bonchev–Trinajstić information content (AvgIpc) is 2.62. The molecule has 0 unspecified atom stereocenters. The fourth-order valence-electron chi connectivity index (χ4n) is 2.44. The highest BCUT2D eigenvalue weighted by Crippen LogP contribution is 2.29. The van der Waals surface area contributed by atoms with Crippen molar-refractivity contribution in [1.82, 2.24) is 0 Å². The molecule has 2 rings (SSSR count). The van der Waals surface area contributed by atoms with Crippen LogP contribution in [-0.2, 0) is 4.74 Å². The van der Waals surface area contributed by atoms with Gasteiger partial charge in [-0.25, -0.2) is 0 Å². The van der Waals surface area contributed by atoms with Crippen LogP contribution in [0, 0.1) is 5.92 Å². The van der Waals surface area contributed by atoms with Crippen LogP contribution in [0.25, 0.3) is 0 Å². The monoisotopic (exact) mass is 180 g/mol. The van der Waals surface area contributed by atoms with E-state index in [4.69, 9.17) is 4.74 Å². The van der Waals surface area contributed by atoms with Gasteiger partial charge in [-0.3, -0.25) is 0 Å². The van der Waals surface area contributed by atoms with E-state index < -0.39 is 0 Å². The normalized spacial score (nSPS) is 34.7. The van der Waals surface area contributed by atoms with Crippen molar-refractivity contribution in [3.63, 3.8) is 0 Å². The minimum atomic E-state index is 0.594. The first kappa shape index (κ1) is 9.26. The van der Waals surface area contributed by atoms with Crippen LogP contribution in [0.3, 0.4) is 0 Å². The van der Waals surface area contributed by atoms with Crippen LogP contribution >= 0.6 is 0 Å². The van der Waals surface area contributed by atoms with E-state index in [-0.39, 0.29) is 0 Å². The molecule has 0 saturated carbocycles. The molecule has 2 aliphatic rings. The number of hydrogen-bond acceptors (Lipinski definition) is 1. The van der Waals surface area contributed by atoms with Gasteiger partial charge in [-0.2, -0.15) is 0 Å². The van der Waals surface area contributed by atoms with Gasteiger partial charge in [0.2, 0.25) is 0 Å². The van der Waals surface area contributed by atoms with E-state index in [1.807, 2.05) is 0 Å². The van der Waals surface area contributed by atoms with Crippen LogP contribution in [0.1, 0.15) is 45.4 Å². The zero-order chi connectivity index (χ0) is 9.10. The Morgan fingerprint density at radius 2 is 2.38 bits per heavy atom. The zero-order valence-electron chi connectivity index (χ0n) is 8.59. The molecular weight excluding hydrogens is 160 g/mol. The second kappa shape index (κ2) is 4.28. The van der Waals surface area contributed by atoms with Gasteiger partial charge in [0, 0.05) is 6.61 Å². The third-order valence-corrected chi connectivity index (χ3v) is 3.37. The number of hydrogen-bond donors (Lipinski definition) is 0. The second-order valence-corrected chi connectivity index (χ2v) is 4.56. The number of rotatable bonds is 2. The molecule has 13 heavy (non-hydrogen) atoms. The first-order chi connectivity index (χ1) is 6.34. The van der Waals surface area contributed by atoms with Gasteiger partial charge in [0.05, 0.1) is 6.10 Å². The Hall–Kier alpha value is -0.300. The molecule has 74 valence electrons. The lowest BCUT2D eigenvalue weighted by Crippen LogP contribution is -2.14. The van der Waals surface area contributed by atoms with Crippen molar-refractivity contribution in [2.75, 3.05) is 6.61 Å². The lowest BCUT2D eigenvalue weighted by Gasteiger charge is -2.22. The summed E-state index contributed by atoms with van der Waals surface area (Å²) < 4.78 is 5.66. The topological polar surface area (TPSA) is 9.23 Å². The Bertz CT molecular complexity index is 189. The van der Waals surface area contributed by atoms with Crippen LogP contribution in [0.4, 0.5) is 0 Å². The van der Waals surface area contributed by atoms with Crippen molar-refractivity contribution in [3.8, 4) is 0 Å². The molecule has 1 heteroatoms. The lowest BCUT2D eigenvalue weighted by atomic mass is 9.86. The summed E-state index contributed by atoms with van der Waals surface area (Å²) in [6.45, 7) is 3.26. The highest BCUT2D eigenvalue weighted by Gasteiger charge is 2.21. The summed E-state index contributed by atoms with van der Waals surface area (Å²) in [6, 6.07) is 0. The number of ether oxygens (including phenoxy) is 1. The first-order valence-corrected chi connectivity index (χ1v) is 5.62. The Morgan fingerprint density at radius 1 is 1.46 bits per heavy atom. The van der Waals surface area contributed by atoms with E-state index in [1.165, 1.54) is 38.5 Å². The van der Waals surface area contributed by atoms with Gasteiger partial charge in [-0.15, -0.1) is 0 Å². The van der Waals surface area contributed by atoms with E-state index in [0.29, 0.717) is 6.10 Å². The first-order valence-electron chi connectivity index (χ1n) is 5.62. The molecule has 1 heterocycles. The quantitative estimate of drug-likeness (QED) is 0.592. The molecule has 0 aromatic heterocycles. The largest absolute Gasteiger partial charge is 0.378 e. The van der Waals surface area contributed by atoms with Crippen LogP contribution in [0.5, 0.6) is 0 Å². The van der Waals surface area contributed by atoms with Crippen molar-refractivity contribution in [2.24, 2.45) is 5.92 Å². The maximum atomic E-state index is 5.66. The van der Waals surface area contributed by atoms with Crippen LogP contribution in [0.2, 0.25) is 0 Å². The van der Waals surface area contributed by atoms with Crippen molar-refractivity contribution in [2.45, 2.75) is 51.6 Å². The molecule has 0 aromatic carbocycles. The molecule has 0 radical (unpaired) electrons. The molecule has 0 spiro atoms. The van der Waals surface area contributed by atoms with Gasteiger partial charge < -0.3 is 4.74 Å². The minimum absolute atomic E-state index is 0.594. The highest BCUT2D eigenvalue weighted by molar-refractivity contribution is 5.03. The Morgan fingerprint density at radius 3 is 3.00 bits per heavy atom. The summed E-state index contributed by atoms with van der Waals surface area (Å²) in [5.74, 6) is 0.909. The summed E-state index contributed by atoms with van der Waals surface area (Å²) >= 11 is 0. The van der Waals surface area contributed by atoms with Gasteiger partial charge in [-0.05, 0) is 51.4 Å². The molecule has 0 N–H and O–H groups in total. The zero-order valence-corrected chi connectivity index (χ0v) is 8.59. The number of allylic oxidation sites excluding steroid dienone is 2. The van der Waals surface area contributed by atoms with Crippen LogP contribution in [-0.4, -0.2) is 12.7 Å². The Kier molecular flexibility index (Phi) is 3.05. The molecule has 0 aromatic rings. The Labute approximate surface area is 81.2 Å². The summed E-state index contributed by atoms with van der Waals surface area (Å²) in [7, 11) is 0. The fourth-order valence-corrected chi connectivity index (χ4v) is 2.44. The maximum Gasteiger partial charge on any atom is 0.0578 e. The van der Waals surface area contributed by atoms with Gasteiger partial charge in [-0.1, -0.05) is 11.6 Å². The molecule has 0 amide bonds. The van der Waals surface area contributed by atoms with Gasteiger partial charge in [0.25, 0.3) is 0 Å². The third-order valence-electron chi connectivity index (χ3n) is 3.37. The predicted octanol–water partition coefficient (Wildman–Crippen LogP) is 3.30. The molecule has 0 bridgehead atoms. The summed E-state index contributed by atoms with van der Waals surface area (Å²) in [5, 5.41) is 0. The highest BCUT2D eigenvalue weighted by atomic mass is 16.5. The molecule has 2 atom stereocenters. The van der Waals surface area contributed by atoms with E-state index in [9.17, 15) is 0 Å². The summed E-state index contributed by atoms with van der Waals surface area (Å²) in [5.41, 5.74) is 1.59. The molecular formula is C12H20O. The molecule has 1 nitrogen and oxygen atoms in total. The van der Waals surface area contributed by atoms with Crippen molar-refractivity contribution in [1.29, 1.82) is 0 Å². The lowest BCUT2D eigenvalue weighted by molar-refractivity contribution is 0.0878. The van der Waals surface area contributed by atoms with Crippen molar-refractivity contribution >= 4 is 0 Å². The van der Waals surface area contributed by atoms with Crippen LogP contribution < -0.4 is 0 Å².